The van der Waals surface area contributed by atoms with Gasteiger partial charge in [0.15, 0.2) is 0 Å². The van der Waals surface area contributed by atoms with E-state index in [0.717, 1.165) is 17.8 Å². The molecule has 2 heteroatoms. The smallest absolute Gasteiger partial charge is 0.0320 e. The molecular weight excluding hydrogens is 184 g/mol. The molecule has 0 heterocycles. The van der Waals surface area contributed by atoms with Crippen LogP contribution in [-0.4, -0.2) is 0 Å². The molecule has 0 unspecified atom stereocenters. The van der Waals surface area contributed by atoms with Gasteiger partial charge in [-0.1, -0.05) is 18.2 Å². The minimum atomic E-state index is 0.789. The zero-order chi connectivity index (χ0) is 10.4. The average molecular weight is 196 g/mol. The zero-order valence-corrected chi connectivity index (χ0v) is 8.33. The predicted octanol–water partition coefficient (Wildman–Crippen LogP) is 2.23. The van der Waals surface area contributed by atoms with Gasteiger partial charge in [0.25, 0.3) is 0 Å². The number of rotatable bonds is 0. The third kappa shape index (κ3) is 1.18. The van der Waals surface area contributed by atoms with E-state index >= 15 is 0 Å². The Morgan fingerprint density at radius 3 is 2.73 bits per heavy atom. The largest absolute Gasteiger partial charge is 0.402 e. The molecule has 0 spiro atoms. The minimum Gasteiger partial charge on any atom is -0.402 e. The molecule has 0 radical (unpaired) electrons. The van der Waals surface area contributed by atoms with E-state index < -0.39 is 0 Å². The molecule has 2 nitrogen and oxygen atoms in total. The first-order valence-electron chi connectivity index (χ1n) is 5.01. The summed E-state index contributed by atoms with van der Waals surface area (Å²) in [5, 5.41) is 0. The third-order valence-corrected chi connectivity index (χ3v) is 2.88. The summed E-state index contributed by atoms with van der Waals surface area (Å²) in [6, 6.07) is 10.2. The lowest BCUT2D eigenvalue weighted by atomic mass is 9.95. The van der Waals surface area contributed by atoms with Gasteiger partial charge in [-0.15, -0.1) is 0 Å². The molecule has 0 fully saturated rings. The molecule has 0 aromatic rings. The van der Waals surface area contributed by atoms with Crippen molar-refractivity contribution in [3.63, 3.8) is 0 Å². The molecule has 0 aliphatic heterocycles. The van der Waals surface area contributed by atoms with Crippen molar-refractivity contribution in [1.29, 1.82) is 0 Å². The molecule has 0 amide bonds. The highest BCUT2D eigenvalue weighted by molar-refractivity contribution is 5.84. The van der Waals surface area contributed by atoms with Crippen LogP contribution in [0.3, 0.4) is 0 Å². The van der Waals surface area contributed by atoms with Gasteiger partial charge in [-0.25, -0.2) is 0 Å². The fourth-order valence-corrected chi connectivity index (χ4v) is 2.25. The summed E-state index contributed by atoms with van der Waals surface area (Å²) in [5.74, 6) is 0. The summed E-state index contributed by atoms with van der Waals surface area (Å²) in [5.41, 5.74) is 18.4. The van der Waals surface area contributed by atoms with E-state index in [9.17, 15) is 0 Å². The first-order chi connectivity index (χ1) is 7.24. The highest BCUT2D eigenvalue weighted by Crippen LogP contribution is 2.36. The number of hydrogen-bond acceptors (Lipinski definition) is 2. The zero-order valence-electron chi connectivity index (χ0n) is 8.33. The monoisotopic (exact) mass is 196 g/mol. The molecule has 0 bridgehead atoms. The Morgan fingerprint density at radius 1 is 1.00 bits per heavy atom. The van der Waals surface area contributed by atoms with Crippen LogP contribution in [0.5, 0.6) is 0 Å². The lowest BCUT2D eigenvalue weighted by molar-refractivity contribution is 1.12. The van der Waals surface area contributed by atoms with Crippen molar-refractivity contribution in [3.05, 3.63) is 47.2 Å². The molecule has 0 saturated carbocycles. The van der Waals surface area contributed by atoms with Gasteiger partial charge < -0.3 is 11.5 Å². The second-order valence-electron chi connectivity index (χ2n) is 4.02. The molecule has 74 valence electrons. The van der Waals surface area contributed by atoms with E-state index in [2.05, 4.69) is 12.1 Å². The van der Waals surface area contributed by atoms with Gasteiger partial charge in [0.1, 0.15) is 0 Å². The van der Waals surface area contributed by atoms with E-state index in [1.165, 1.54) is 22.3 Å². The van der Waals surface area contributed by atoms with Crippen LogP contribution < -0.4 is 11.5 Å². The second-order valence-corrected chi connectivity index (χ2v) is 4.02. The van der Waals surface area contributed by atoms with Crippen molar-refractivity contribution in [2.24, 2.45) is 5.73 Å². The number of nitrogens with two attached hydrogens (primary N) is 2. The van der Waals surface area contributed by atoms with Gasteiger partial charge in [0.05, 0.1) is 0 Å². The van der Waals surface area contributed by atoms with Crippen LogP contribution >= 0.6 is 0 Å². The van der Waals surface area contributed by atoms with Gasteiger partial charge in [-0.2, -0.15) is 0 Å². The summed E-state index contributed by atoms with van der Waals surface area (Å²) >= 11 is 0. The van der Waals surface area contributed by atoms with Crippen molar-refractivity contribution in [3.8, 4) is 11.1 Å². The van der Waals surface area contributed by atoms with Crippen LogP contribution in [0.15, 0.2) is 36.0 Å². The molecule has 15 heavy (non-hydrogen) atoms. The first-order valence-corrected chi connectivity index (χ1v) is 5.01. The number of hydrogen-bond donors (Lipinski definition) is 2. The Labute approximate surface area is 88.5 Å². The molecule has 3 aliphatic carbocycles. The van der Waals surface area contributed by atoms with Crippen LogP contribution in [0.2, 0.25) is 0 Å². The summed E-state index contributed by atoms with van der Waals surface area (Å²) in [6.45, 7) is 0. The lowest BCUT2D eigenvalue weighted by Crippen LogP contribution is -2.05. The van der Waals surface area contributed by atoms with Crippen LogP contribution in [0.25, 0.3) is 17.2 Å². The van der Waals surface area contributed by atoms with Crippen molar-refractivity contribution in [2.45, 2.75) is 6.42 Å². The first kappa shape index (κ1) is 8.36. The highest BCUT2D eigenvalue weighted by atomic mass is 14.6. The normalized spacial score (nSPS) is 14.0. The van der Waals surface area contributed by atoms with Crippen LogP contribution in [0.4, 0.5) is 5.69 Å². The third-order valence-electron chi connectivity index (χ3n) is 2.88. The van der Waals surface area contributed by atoms with Gasteiger partial charge in [-0.05, 0) is 40.5 Å². The Balaban J connectivity index is 2.39. The molecule has 3 aliphatic rings. The number of allylic oxidation sites excluding steroid dienone is 1. The summed E-state index contributed by atoms with van der Waals surface area (Å²) in [6.07, 6.45) is 2.88. The van der Waals surface area contributed by atoms with Crippen LogP contribution in [0.1, 0.15) is 11.1 Å². The SMILES string of the molecule is NC1=Cc2ccc(N)cc3ccc(c2-3)C1. The maximum atomic E-state index is 5.89. The molecule has 3 rings (SSSR count). The number of anilines is 1. The van der Waals surface area contributed by atoms with Crippen LogP contribution in [0, 0.1) is 0 Å². The van der Waals surface area contributed by atoms with Gasteiger partial charge in [0, 0.05) is 17.8 Å². The summed E-state index contributed by atoms with van der Waals surface area (Å²) < 4.78 is 0. The molecule has 0 saturated heterocycles. The number of nitrogen functional groups attached to an aromatic ring is 1. The fraction of sp³-hybridized carbons (Fsp3) is 0.0769. The lowest BCUT2D eigenvalue weighted by Gasteiger charge is -2.12. The van der Waals surface area contributed by atoms with Crippen molar-refractivity contribution < 1.29 is 0 Å². The molecule has 0 atom stereocenters. The van der Waals surface area contributed by atoms with Gasteiger partial charge >= 0.3 is 0 Å². The van der Waals surface area contributed by atoms with Crippen molar-refractivity contribution in [2.75, 3.05) is 5.73 Å². The van der Waals surface area contributed by atoms with E-state index in [1.54, 1.807) is 0 Å². The maximum Gasteiger partial charge on any atom is 0.0320 e. The Hall–Kier alpha value is -1.96. The van der Waals surface area contributed by atoms with E-state index in [-0.39, 0.29) is 0 Å². The summed E-state index contributed by atoms with van der Waals surface area (Å²) in [4.78, 5) is 0. The Morgan fingerprint density at radius 2 is 1.87 bits per heavy atom. The van der Waals surface area contributed by atoms with Crippen LogP contribution in [-0.2, 0) is 6.42 Å². The standard InChI is InChI=1S/C13H12N2/c14-11-4-3-10-7-12(15)6-9-2-1-8(5-11)13(9)10/h1-5,7H,6,14-15H2. The maximum absolute atomic E-state index is 5.89. The molecule has 4 N–H and O–H groups in total. The highest BCUT2D eigenvalue weighted by Gasteiger charge is 2.16. The Bertz CT molecular complexity index is 541. The quantitative estimate of drug-likeness (QED) is 0.678. The fourth-order valence-electron chi connectivity index (χ4n) is 2.25. The molecule has 0 aromatic heterocycles. The van der Waals surface area contributed by atoms with Gasteiger partial charge in [0.2, 0.25) is 0 Å². The second kappa shape index (κ2) is 2.76. The predicted molar refractivity (Wildman–Crippen MR) is 63.3 cm³/mol. The molecular formula is C13H12N2. The summed E-state index contributed by atoms with van der Waals surface area (Å²) in [7, 11) is 0. The average Bonchev–Trinajstić information content (AvgIpc) is 2.49. The van der Waals surface area contributed by atoms with Crippen molar-refractivity contribution >= 4 is 11.8 Å². The Kier molecular flexibility index (Phi) is 1.54. The topological polar surface area (TPSA) is 52.0 Å². The van der Waals surface area contributed by atoms with Gasteiger partial charge in [-0.3, -0.25) is 0 Å². The molecule has 0 aromatic carbocycles. The van der Waals surface area contributed by atoms with E-state index in [4.69, 9.17) is 11.5 Å². The van der Waals surface area contributed by atoms with Crippen molar-refractivity contribution in [1.82, 2.24) is 0 Å². The minimum absolute atomic E-state index is 0.789. The van der Waals surface area contributed by atoms with E-state index in [1.807, 2.05) is 24.3 Å². The van der Waals surface area contributed by atoms with E-state index in [0.29, 0.717) is 0 Å².